The van der Waals surface area contributed by atoms with Gasteiger partial charge < -0.3 is 29.5 Å². The molecule has 6 aliphatic rings. The first-order valence-electron chi connectivity index (χ1n) is 12.1. The maximum absolute atomic E-state index is 12.8. The third-order valence-corrected chi connectivity index (χ3v) is 8.06. The van der Waals surface area contributed by atoms with Gasteiger partial charge in [0.2, 0.25) is 11.8 Å². The van der Waals surface area contributed by atoms with E-state index in [2.05, 4.69) is 0 Å². The molecule has 2 N–H and O–H groups in total. The molecule has 0 aromatic heterocycles. The van der Waals surface area contributed by atoms with Crippen LogP contribution in [0.4, 0.5) is 9.59 Å². The second-order valence-electron chi connectivity index (χ2n) is 9.90. The van der Waals surface area contributed by atoms with Gasteiger partial charge in [-0.15, -0.1) is 10.0 Å². The van der Waals surface area contributed by atoms with Crippen molar-refractivity contribution >= 4 is 35.8 Å². The molecule has 14 nitrogen and oxygen atoms in total. The van der Waals surface area contributed by atoms with Crippen LogP contribution in [0.3, 0.4) is 0 Å². The zero-order valence-corrected chi connectivity index (χ0v) is 19.4. The highest BCUT2D eigenvalue weighted by Gasteiger charge is 2.61. The molecule has 196 valence electrons. The van der Waals surface area contributed by atoms with Crippen LogP contribution in [0.2, 0.25) is 0 Å². The molecule has 4 bridgehead atoms. The lowest BCUT2D eigenvalue weighted by molar-refractivity contribution is -0.159. The molecule has 6 heterocycles. The fourth-order valence-corrected chi connectivity index (χ4v) is 6.41. The first-order chi connectivity index (χ1) is 17.7. The fourth-order valence-electron chi connectivity index (χ4n) is 6.41. The van der Waals surface area contributed by atoms with Crippen molar-refractivity contribution in [2.75, 3.05) is 19.6 Å². The van der Waals surface area contributed by atoms with E-state index in [0.29, 0.717) is 6.54 Å². The Hall–Kier alpha value is -3.78. The van der Waals surface area contributed by atoms with Gasteiger partial charge in [0.05, 0.1) is 42.3 Å². The Morgan fingerprint density at radius 3 is 1.95 bits per heavy atom. The number of β-lactam (4-membered cyclic amide) rings is 1. The fraction of sp³-hybridized carbons (Fsp3) is 0.565. The maximum atomic E-state index is 12.8. The van der Waals surface area contributed by atoms with Crippen molar-refractivity contribution in [3.63, 3.8) is 0 Å². The van der Waals surface area contributed by atoms with Crippen LogP contribution >= 0.6 is 0 Å². The molecule has 0 saturated carbocycles. The molecule has 4 fully saturated rings. The number of hydrogen-bond acceptors (Lipinski definition) is 8. The largest absolute Gasteiger partial charge is 0.463 e. The predicted octanol–water partition coefficient (Wildman–Crippen LogP) is -0.729. The minimum Gasteiger partial charge on any atom is -0.463 e. The number of rotatable bonds is 6. The molecule has 14 heteroatoms. The molecule has 0 spiro atoms. The van der Waals surface area contributed by atoms with Gasteiger partial charge in [0.15, 0.2) is 0 Å². The number of imide groups is 2. The summed E-state index contributed by atoms with van der Waals surface area (Å²) in [6, 6.07) is -0.251. The van der Waals surface area contributed by atoms with Crippen LogP contribution in [0.1, 0.15) is 12.8 Å². The van der Waals surface area contributed by atoms with Gasteiger partial charge in [-0.25, -0.2) is 9.59 Å². The number of carbonyl (C=O) groups is 6. The first-order valence-corrected chi connectivity index (χ1v) is 12.1. The van der Waals surface area contributed by atoms with Crippen LogP contribution in [0.5, 0.6) is 0 Å². The van der Waals surface area contributed by atoms with Crippen molar-refractivity contribution in [2.45, 2.75) is 43.3 Å². The summed E-state index contributed by atoms with van der Waals surface area (Å²) in [4.78, 5) is 77.3. The second-order valence-corrected chi connectivity index (χ2v) is 9.90. The highest BCUT2D eigenvalue weighted by Crippen LogP contribution is 2.46. The minimum atomic E-state index is -1.95. The van der Waals surface area contributed by atoms with E-state index in [-0.39, 0.29) is 83.1 Å². The summed E-state index contributed by atoms with van der Waals surface area (Å²) in [5, 5.41) is 18.9. The first kappa shape index (κ1) is 23.6. The Morgan fingerprint density at radius 2 is 1.32 bits per heavy atom. The molecule has 0 aromatic rings. The van der Waals surface area contributed by atoms with Gasteiger partial charge in [0, 0.05) is 38.4 Å². The molecule has 0 radical (unpaired) electrons. The van der Waals surface area contributed by atoms with Crippen molar-refractivity contribution < 1.29 is 48.5 Å². The van der Waals surface area contributed by atoms with Crippen molar-refractivity contribution in [3.8, 4) is 0 Å². The third-order valence-electron chi connectivity index (χ3n) is 8.06. The molecule has 7 unspecified atom stereocenters. The molecule has 4 saturated heterocycles. The van der Waals surface area contributed by atoms with Gasteiger partial charge >= 0.3 is 12.2 Å². The lowest BCUT2D eigenvalue weighted by Crippen LogP contribution is -2.65. The lowest BCUT2D eigenvalue weighted by atomic mass is 9.79. The number of hydrazine groups is 1. The van der Waals surface area contributed by atoms with E-state index in [4.69, 9.17) is 9.47 Å². The number of likely N-dealkylation sites (tertiary alicyclic amines) is 2. The number of ether oxygens (including phenoxy) is 2. The maximum Gasteiger partial charge on any atom is 0.434 e. The van der Waals surface area contributed by atoms with E-state index in [1.54, 1.807) is 0 Å². The van der Waals surface area contributed by atoms with Crippen LogP contribution in [0, 0.1) is 17.8 Å². The van der Waals surface area contributed by atoms with E-state index >= 15 is 0 Å². The summed E-state index contributed by atoms with van der Waals surface area (Å²) in [5.41, 5.74) is 0. The molecule has 6 aliphatic heterocycles. The van der Waals surface area contributed by atoms with Gasteiger partial charge in [0.1, 0.15) is 0 Å². The average Bonchev–Trinajstić information content (AvgIpc) is 3.65. The standard InChI is InChI=1S/C23H24N4O10/c28-15(5-7-24-9-10-11-1-2-12(36-11)17(10)20(24)30)26(22(32)33)27(23(34)35)16(29)6-8-25-19-14-4-3-13(37-14)18(19)21(25)31/h1-4,10-14,17-19H,5-9H2,(H,32,33)(H,34,35)/t10-,11?,12?,13?,14?,17?,18?,19?/m0/s1. The van der Waals surface area contributed by atoms with Crippen molar-refractivity contribution in [1.82, 2.24) is 19.8 Å². The monoisotopic (exact) mass is 516 g/mol. The van der Waals surface area contributed by atoms with Gasteiger partial charge in [-0.2, -0.15) is 0 Å². The molecular formula is C23H24N4O10. The van der Waals surface area contributed by atoms with Crippen molar-refractivity contribution in [2.24, 2.45) is 17.8 Å². The molecule has 6 amide bonds. The summed E-state index contributed by atoms with van der Waals surface area (Å²) in [7, 11) is 0. The summed E-state index contributed by atoms with van der Waals surface area (Å²) in [6.07, 6.45) is 1.37. The van der Waals surface area contributed by atoms with E-state index in [9.17, 15) is 39.0 Å². The van der Waals surface area contributed by atoms with Crippen LogP contribution in [-0.4, -0.2) is 116 Å². The third kappa shape index (κ3) is 3.46. The number of carboxylic acid groups (broad SMARTS) is 2. The minimum absolute atomic E-state index is 0.0509. The second kappa shape index (κ2) is 8.38. The molecule has 0 aromatic carbocycles. The van der Waals surface area contributed by atoms with Crippen LogP contribution in [0.25, 0.3) is 0 Å². The Bertz CT molecular complexity index is 1170. The quantitative estimate of drug-likeness (QED) is 0.260. The molecule has 37 heavy (non-hydrogen) atoms. The molecule has 0 aliphatic carbocycles. The number of nitrogens with zero attached hydrogens (tertiary/aromatic N) is 4. The van der Waals surface area contributed by atoms with E-state index in [1.165, 1.54) is 9.80 Å². The number of hydrogen-bond donors (Lipinski definition) is 2. The summed E-state index contributed by atoms with van der Waals surface area (Å²) >= 11 is 0. The predicted molar refractivity (Wildman–Crippen MR) is 117 cm³/mol. The zero-order valence-electron chi connectivity index (χ0n) is 19.4. The Morgan fingerprint density at radius 1 is 0.784 bits per heavy atom. The summed E-state index contributed by atoms with van der Waals surface area (Å²) < 4.78 is 11.3. The smallest absolute Gasteiger partial charge is 0.434 e. The van der Waals surface area contributed by atoms with Crippen LogP contribution in [-0.2, 0) is 28.7 Å². The van der Waals surface area contributed by atoms with E-state index < -0.39 is 36.8 Å². The van der Waals surface area contributed by atoms with Crippen molar-refractivity contribution in [3.05, 3.63) is 24.3 Å². The summed E-state index contributed by atoms with van der Waals surface area (Å²) in [6.45, 7) is 0.0643. The SMILES string of the molecule is O=C1C2C3C=CC(O3)[C@@H]2CN1CCC(=O)N(C(=O)O)N(C(=O)O)C(=O)CCN1C(=O)C2C3C=CC(O3)C21. The van der Waals surface area contributed by atoms with Gasteiger partial charge in [-0.05, 0) is 0 Å². The van der Waals surface area contributed by atoms with Gasteiger partial charge in [0.25, 0.3) is 11.8 Å². The molecular weight excluding hydrogens is 492 g/mol. The van der Waals surface area contributed by atoms with Crippen LogP contribution in [0.15, 0.2) is 24.3 Å². The van der Waals surface area contributed by atoms with Gasteiger partial charge in [-0.1, -0.05) is 24.3 Å². The number of amides is 6. The number of carbonyl (C=O) groups excluding carboxylic acids is 4. The normalized spacial score (nSPS) is 35.6. The summed E-state index contributed by atoms with van der Waals surface area (Å²) in [5.74, 6) is -3.51. The molecule has 6 rings (SSSR count). The highest BCUT2D eigenvalue weighted by atomic mass is 16.5. The molecule has 8 atom stereocenters. The number of fused-ring (bicyclic) bond motifs is 10. The Balaban J connectivity index is 1.07. The zero-order chi connectivity index (χ0) is 26.2. The average molecular weight is 516 g/mol. The van der Waals surface area contributed by atoms with E-state index in [1.807, 2.05) is 24.3 Å². The Labute approximate surface area is 209 Å². The van der Waals surface area contributed by atoms with E-state index in [0.717, 1.165) is 0 Å². The Kier molecular flexibility index (Phi) is 5.35. The lowest BCUT2D eigenvalue weighted by Gasteiger charge is -2.46. The van der Waals surface area contributed by atoms with Gasteiger partial charge in [-0.3, -0.25) is 19.2 Å². The topological polar surface area (TPSA) is 174 Å². The van der Waals surface area contributed by atoms with Crippen molar-refractivity contribution in [1.29, 1.82) is 0 Å². The highest BCUT2D eigenvalue weighted by molar-refractivity contribution is 6.00. The van der Waals surface area contributed by atoms with Crippen LogP contribution < -0.4 is 0 Å².